The minimum Gasteiger partial charge on any atom is -0.298 e. The summed E-state index contributed by atoms with van der Waals surface area (Å²) in [6.45, 7) is 0. The van der Waals surface area contributed by atoms with Crippen molar-refractivity contribution in [3.05, 3.63) is 19.8 Å². The van der Waals surface area contributed by atoms with Gasteiger partial charge in [0.2, 0.25) is 0 Å². The van der Waals surface area contributed by atoms with E-state index in [9.17, 15) is 4.79 Å². The number of halogens is 2. The van der Waals surface area contributed by atoms with Crippen molar-refractivity contribution < 1.29 is 4.79 Å². The van der Waals surface area contributed by atoms with E-state index in [1.165, 1.54) is 11.3 Å². The largest absolute Gasteiger partial charge is 0.298 e. The lowest BCUT2D eigenvalue weighted by Crippen LogP contribution is -1.71. The molecule has 0 spiro atoms. The number of thiophene rings is 1. The number of carbonyl (C=O) groups excluding carboxylic acids is 1. The first-order valence-corrected chi connectivity index (χ1v) is 4.18. The van der Waals surface area contributed by atoms with Gasteiger partial charge in [-0.25, -0.2) is 0 Å². The van der Waals surface area contributed by atoms with Crippen molar-refractivity contribution in [2.75, 3.05) is 0 Å². The topological polar surface area (TPSA) is 17.1 Å². The van der Waals surface area contributed by atoms with Gasteiger partial charge in [-0.1, -0.05) is 11.6 Å². The highest BCUT2D eigenvalue weighted by Crippen LogP contribution is 2.31. The first-order chi connectivity index (χ1) is 4.25. The summed E-state index contributed by atoms with van der Waals surface area (Å²) in [5, 5.41) is 1.71. The van der Waals surface area contributed by atoms with Crippen LogP contribution in [-0.2, 0) is 0 Å². The van der Waals surface area contributed by atoms with Gasteiger partial charge in [-0.3, -0.25) is 4.79 Å². The molecule has 0 aromatic carbocycles. The quantitative estimate of drug-likeness (QED) is 0.672. The average molecular weight is 225 g/mol. The summed E-state index contributed by atoms with van der Waals surface area (Å²) in [6, 6.07) is 0. The fraction of sp³-hybridized carbons (Fsp3) is 0. The summed E-state index contributed by atoms with van der Waals surface area (Å²) < 4.78 is 1.32. The number of hydrogen-bond acceptors (Lipinski definition) is 2. The van der Waals surface area contributed by atoms with Crippen LogP contribution in [0.4, 0.5) is 0 Å². The van der Waals surface area contributed by atoms with Crippen LogP contribution in [0.1, 0.15) is 10.4 Å². The van der Waals surface area contributed by atoms with E-state index in [4.69, 9.17) is 11.6 Å². The van der Waals surface area contributed by atoms with Gasteiger partial charge in [0, 0.05) is 10.9 Å². The smallest absolute Gasteiger partial charge is 0.152 e. The Hall–Kier alpha value is 0.140. The molecule has 0 unspecified atom stereocenters. The van der Waals surface area contributed by atoms with Crippen LogP contribution in [0.3, 0.4) is 0 Å². The second-order valence-electron chi connectivity index (χ2n) is 1.40. The van der Waals surface area contributed by atoms with Crippen LogP contribution in [0.15, 0.2) is 9.85 Å². The molecular formula is C5H2BrClOS. The van der Waals surface area contributed by atoms with Gasteiger partial charge in [0.15, 0.2) is 6.29 Å². The van der Waals surface area contributed by atoms with Gasteiger partial charge < -0.3 is 0 Å². The molecule has 0 saturated carbocycles. The lowest BCUT2D eigenvalue weighted by Gasteiger charge is -1.81. The molecule has 1 nitrogen and oxygen atoms in total. The molecule has 9 heavy (non-hydrogen) atoms. The maximum Gasteiger partial charge on any atom is 0.152 e. The predicted molar refractivity (Wildman–Crippen MR) is 42.4 cm³/mol. The van der Waals surface area contributed by atoms with Crippen LogP contribution in [0.5, 0.6) is 0 Å². The summed E-state index contributed by atoms with van der Waals surface area (Å²) in [7, 11) is 0. The van der Waals surface area contributed by atoms with E-state index in [1.54, 1.807) is 5.38 Å². The molecule has 0 N–H and O–H groups in total. The molecule has 48 valence electrons. The highest BCUT2D eigenvalue weighted by molar-refractivity contribution is 9.10. The van der Waals surface area contributed by atoms with E-state index in [-0.39, 0.29) is 0 Å². The van der Waals surface area contributed by atoms with Crippen molar-refractivity contribution in [3.8, 4) is 0 Å². The third kappa shape index (κ3) is 1.34. The fourth-order valence-corrected chi connectivity index (χ4v) is 1.92. The summed E-state index contributed by atoms with van der Waals surface area (Å²) in [4.78, 5) is 10.2. The van der Waals surface area contributed by atoms with Crippen LogP contribution >= 0.6 is 38.9 Å². The molecule has 0 aliphatic carbocycles. The standard InChI is InChI=1S/C5H2BrClOS/c6-4-3(1-8)2-9-5(4)7/h1-2H. The molecule has 0 aliphatic rings. The fourth-order valence-electron chi connectivity index (χ4n) is 0.412. The van der Waals surface area contributed by atoms with Crippen molar-refractivity contribution in [1.29, 1.82) is 0 Å². The molecule has 1 aromatic rings. The zero-order valence-electron chi connectivity index (χ0n) is 4.23. The Morgan fingerprint density at radius 1 is 1.78 bits per heavy atom. The number of carbonyl (C=O) groups is 1. The van der Waals surface area contributed by atoms with Crippen molar-refractivity contribution >= 4 is 45.2 Å². The Bertz CT molecular complexity index is 233. The lowest BCUT2D eigenvalue weighted by molar-refractivity contribution is 0.112. The maximum atomic E-state index is 10.2. The minimum atomic E-state index is 0.616. The highest BCUT2D eigenvalue weighted by Gasteiger charge is 2.03. The van der Waals surface area contributed by atoms with E-state index < -0.39 is 0 Å². The molecule has 1 rings (SSSR count). The molecule has 0 radical (unpaired) electrons. The van der Waals surface area contributed by atoms with Crippen LogP contribution in [0, 0.1) is 0 Å². The van der Waals surface area contributed by atoms with Crippen LogP contribution in [0.2, 0.25) is 4.34 Å². The third-order valence-electron chi connectivity index (χ3n) is 0.842. The Kier molecular flexibility index (Phi) is 2.27. The molecule has 4 heteroatoms. The second kappa shape index (κ2) is 2.82. The monoisotopic (exact) mass is 224 g/mol. The van der Waals surface area contributed by atoms with Crippen LogP contribution in [-0.4, -0.2) is 6.29 Å². The molecular weight excluding hydrogens is 223 g/mol. The zero-order valence-corrected chi connectivity index (χ0v) is 7.39. The van der Waals surface area contributed by atoms with Gasteiger partial charge in [0.05, 0.1) is 4.47 Å². The number of hydrogen-bond donors (Lipinski definition) is 0. The molecule has 1 heterocycles. The van der Waals surface area contributed by atoms with Crippen molar-refractivity contribution in [3.63, 3.8) is 0 Å². The summed E-state index contributed by atoms with van der Waals surface area (Å²) in [5.41, 5.74) is 0.616. The molecule has 0 atom stereocenters. The summed E-state index contributed by atoms with van der Waals surface area (Å²) >= 11 is 10.1. The number of rotatable bonds is 1. The first-order valence-electron chi connectivity index (χ1n) is 2.13. The van der Waals surface area contributed by atoms with E-state index in [0.29, 0.717) is 14.4 Å². The van der Waals surface area contributed by atoms with Gasteiger partial charge in [-0.2, -0.15) is 0 Å². The molecule has 0 saturated heterocycles. The van der Waals surface area contributed by atoms with E-state index in [0.717, 1.165) is 6.29 Å². The minimum absolute atomic E-state index is 0.616. The Morgan fingerprint density at radius 2 is 2.44 bits per heavy atom. The van der Waals surface area contributed by atoms with E-state index in [2.05, 4.69) is 15.9 Å². The van der Waals surface area contributed by atoms with Gasteiger partial charge >= 0.3 is 0 Å². The maximum absolute atomic E-state index is 10.2. The molecule has 0 aliphatic heterocycles. The SMILES string of the molecule is O=Cc1csc(Cl)c1Br. The third-order valence-corrected chi connectivity index (χ3v) is 3.43. The van der Waals surface area contributed by atoms with E-state index in [1.807, 2.05) is 0 Å². The summed E-state index contributed by atoms with van der Waals surface area (Å²) in [5.74, 6) is 0. The van der Waals surface area contributed by atoms with Crippen molar-refractivity contribution in [2.24, 2.45) is 0 Å². The van der Waals surface area contributed by atoms with Gasteiger partial charge in [0.25, 0.3) is 0 Å². The van der Waals surface area contributed by atoms with Crippen LogP contribution in [0.25, 0.3) is 0 Å². The highest BCUT2D eigenvalue weighted by atomic mass is 79.9. The first kappa shape index (κ1) is 7.25. The average Bonchev–Trinajstić information content (AvgIpc) is 2.15. The van der Waals surface area contributed by atoms with Crippen LogP contribution < -0.4 is 0 Å². The van der Waals surface area contributed by atoms with Crippen molar-refractivity contribution in [2.45, 2.75) is 0 Å². The summed E-state index contributed by atoms with van der Waals surface area (Å²) in [6.07, 6.45) is 0.770. The molecule has 0 amide bonds. The normalized spacial score (nSPS) is 9.56. The second-order valence-corrected chi connectivity index (χ2v) is 3.67. The number of aldehydes is 1. The van der Waals surface area contributed by atoms with E-state index >= 15 is 0 Å². The Morgan fingerprint density at radius 3 is 2.67 bits per heavy atom. The molecule has 1 aromatic heterocycles. The zero-order chi connectivity index (χ0) is 6.85. The van der Waals surface area contributed by atoms with Gasteiger partial charge in [-0.05, 0) is 15.9 Å². The molecule has 0 bridgehead atoms. The Labute approximate surface area is 69.8 Å². The molecule has 0 fully saturated rings. The van der Waals surface area contributed by atoms with Gasteiger partial charge in [-0.15, -0.1) is 11.3 Å². The Balaban J connectivity index is 3.18. The lowest BCUT2D eigenvalue weighted by atomic mass is 10.4. The van der Waals surface area contributed by atoms with Gasteiger partial charge in [0.1, 0.15) is 4.34 Å². The van der Waals surface area contributed by atoms with Crippen molar-refractivity contribution in [1.82, 2.24) is 0 Å². The predicted octanol–water partition coefficient (Wildman–Crippen LogP) is 2.98.